The van der Waals surface area contributed by atoms with Crippen molar-refractivity contribution in [3.63, 3.8) is 0 Å². The van der Waals surface area contributed by atoms with Gasteiger partial charge >= 0.3 is 6.09 Å². The average molecular weight is 295 g/mol. The lowest BCUT2D eigenvalue weighted by Gasteiger charge is -2.23. The number of pyridine rings is 1. The first-order valence-electron chi connectivity index (χ1n) is 6.98. The summed E-state index contributed by atoms with van der Waals surface area (Å²) in [6, 6.07) is 3.86. The molecule has 1 aromatic heterocycles. The maximum Gasteiger partial charge on any atom is 0.407 e. The summed E-state index contributed by atoms with van der Waals surface area (Å²) in [6.45, 7) is 6.72. The summed E-state index contributed by atoms with van der Waals surface area (Å²) in [5.74, 6) is 0. The highest BCUT2D eigenvalue weighted by molar-refractivity contribution is 5.67. The zero-order valence-electron chi connectivity index (χ0n) is 13.2. The van der Waals surface area contributed by atoms with Crippen LogP contribution in [0.4, 0.5) is 4.79 Å². The fourth-order valence-corrected chi connectivity index (χ4v) is 1.80. The van der Waals surface area contributed by atoms with Gasteiger partial charge in [-0.25, -0.2) is 4.79 Å². The van der Waals surface area contributed by atoms with Gasteiger partial charge < -0.3 is 15.2 Å². The molecule has 6 heteroatoms. The monoisotopic (exact) mass is 295 g/mol. The molecule has 0 spiro atoms. The van der Waals surface area contributed by atoms with Gasteiger partial charge in [0, 0.05) is 32.0 Å². The Labute approximate surface area is 126 Å². The molecule has 0 aromatic carbocycles. The summed E-state index contributed by atoms with van der Waals surface area (Å²) in [6.07, 6.45) is 2.32. The maximum absolute atomic E-state index is 11.5. The highest BCUT2D eigenvalue weighted by Gasteiger charge is 2.17. The highest BCUT2D eigenvalue weighted by Crippen LogP contribution is 2.06. The van der Waals surface area contributed by atoms with Crippen LogP contribution in [0.25, 0.3) is 0 Å². The van der Waals surface area contributed by atoms with Crippen LogP contribution in [0.3, 0.4) is 0 Å². The predicted molar refractivity (Wildman–Crippen MR) is 80.8 cm³/mol. The molecule has 0 saturated carbocycles. The third kappa shape index (κ3) is 8.27. The molecular weight excluding hydrogens is 270 g/mol. The number of alkyl carbamates (subject to hydrolysis) is 1. The van der Waals surface area contributed by atoms with E-state index in [1.54, 1.807) is 33.2 Å². The number of rotatable bonds is 6. The fourth-order valence-electron chi connectivity index (χ4n) is 1.80. The molecule has 1 aromatic rings. The summed E-state index contributed by atoms with van der Waals surface area (Å²) in [5.41, 5.74) is 0.590. The van der Waals surface area contributed by atoms with Crippen molar-refractivity contribution in [1.29, 1.82) is 0 Å². The lowest BCUT2D eigenvalue weighted by atomic mass is 10.2. The number of carbonyl (C=O) groups is 1. The van der Waals surface area contributed by atoms with Crippen molar-refractivity contribution >= 4 is 6.09 Å². The largest absolute Gasteiger partial charge is 0.444 e. The molecule has 1 unspecified atom stereocenters. The molecule has 0 saturated heterocycles. The minimum absolute atomic E-state index is 0.162. The first-order chi connectivity index (χ1) is 9.76. The molecule has 1 atom stereocenters. The quantitative estimate of drug-likeness (QED) is 0.830. The van der Waals surface area contributed by atoms with Gasteiger partial charge in [0.2, 0.25) is 0 Å². The summed E-state index contributed by atoms with van der Waals surface area (Å²) in [4.78, 5) is 17.4. The number of hydrogen-bond acceptors (Lipinski definition) is 5. The summed E-state index contributed by atoms with van der Waals surface area (Å²) in [7, 11) is 1.91. The molecular formula is C15H25N3O3. The van der Waals surface area contributed by atoms with E-state index >= 15 is 0 Å². The van der Waals surface area contributed by atoms with Crippen molar-refractivity contribution < 1.29 is 14.6 Å². The van der Waals surface area contributed by atoms with Gasteiger partial charge in [0.15, 0.2) is 0 Å². The van der Waals surface area contributed by atoms with E-state index in [9.17, 15) is 9.90 Å². The Balaban J connectivity index is 2.27. The number of aliphatic hydroxyl groups excluding tert-OH is 1. The van der Waals surface area contributed by atoms with Gasteiger partial charge in [-0.05, 0) is 45.5 Å². The number of carbonyl (C=O) groups excluding carboxylic acids is 1. The van der Waals surface area contributed by atoms with Gasteiger partial charge in [-0.2, -0.15) is 0 Å². The van der Waals surface area contributed by atoms with Crippen LogP contribution >= 0.6 is 0 Å². The summed E-state index contributed by atoms with van der Waals surface area (Å²) in [5, 5.41) is 12.5. The van der Waals surface area contributed by atoms with Gasteiger partial charge in [0.05, 0.1) is 6.10 Å². The third-order valence-corrected chi connectivity index (χ3v) is 2.61. The Morgan fingerprint density at radius 2 is 2.05 bits per heavy atom. The van der Waals surface area contributed by atoms with E-state index in [0.717, 1.165) is 5.56 Å². The molecule has 0 radical (unpaired) electrons. The van der Waals surface area contributed by atoms with E-state index in [4.69, 9.17) is 4.74 Å². The normalized spacial score (nSPS) is 13.0. The SMILES string of the molecule is CN(Cc1ccncc1)CC(O)CNC(=O)OC(C)(C)C. The van der Waals surface area contributed by atoms with Crippen molar-refractivity contribution in [2.75, 3.05) is 20.1 Å². The molecule has 2 N–H and O–H groups in total. The molecule has 1 amide bonds. The number of hydrogen-bond donors (Lipinski definition) is 2. The van der Waals surface area contributed by atoms with Crippen LogP contribution in [0.2, 0.25) is 0 Å². The summed E-state index contributed by atoms with van der Waals surface area (Å²) < 4.78 is 5.11. The van der Waals surface area contributed by atoms with Crippen molar-refractivity contribution in [1.82, 2.24) is 15.2 Å². The predicted octanol–water partition coefficient (Wildman–Crippen LogP) is 1.40. The molecule has 1 rings (SSSR count). The van der Waals surface area contributed by atoms with E-state index in [-0.39, 0.29) is 6.54 Å². The number of likely N-dealkylation sites (N-methyl/N-ethyl adjacent to an activating group) is 1. The zero-order valence-corrected chi connectivity index (χ0v) is 13.2. The van der Waals surface area contributed by atoms with E-state index in [2.05, 4.69) is 10.3 Å². The number of nitrogens with zero attached hydrogens (tertiary/aromatic N) is 2. The van der Waals surface area contributed by atoms with Crippen LogP contribution in [-0.2, 0) is 11.3 Å². The Hall–Kier alpha value is -1.66. The third-order valence-electron chi connectivity index (χ3n) is 2.61. The van der Waals surface area contributed by atoms with Crippen LogP contribution in [0.5, 0.6) is 0 Å². The fraction of sp³-hybridized carbons (Fsp3) is 0.600. The van der Waals surface area contributed by atoms with Crippen molar-refractivity contribution in [3.8, 4) is 0 Å². The number of aliphatic hydroxyl groups is 1. The van der Waals surface area contributed by atoms with Crippen LogP contribution in [0.15, 0.2) is 24.5 Å². The molecule has 21 heavy (non-hydrogen) atoms. The lowest BCUT2D eigenvalue weighted by molar-refractivity contribution is 0.0473. The van der Waals surface area contributed by atoms with E-state index in [1.807, 2.05) is 24.1 Å². The van der Waals surface area contributed by atoms with Gasteiger partial charge in [-0.1, -0.05) is 0 Å². The first kappa shape index (κ1) is 17.4. The molecule has 0 bridgehead atoms. The smallest absolute Gasteiger partial charge is 0.407 e. The second kappa shape index (κ2) is 7.95. The van der Waals surface area contributed by atoms with Gasteiger partial charge in [-0.15, -0.1) is 0 Å². The Morgan fingerprint density at radius 3 is 2.62 bits per heavy atom. The lowest BCUT2D eigenvalue weighted by Crippen LogP contribution is -2.40. The van der Waals surface area contributed by atoms with Gasteiger partial charge in [0.25, 0.3) is 0 Å². The van der Waals surface area contributed by atoms with Gasteiger partial charge in [-0.3, -0.25) is 9.88 Å². The van der Waals surface area contributed by atoms with E-state index < -0.39 is 17.8 Å². The van der Waals surface area contributed by atoms with Crippen LogP contribution in [0, 0.1) is 0 Å². The molecule has 1 heterocycles. The molecule has 0 aliphatic carbocycles. The topological polar surface area (TPSA) is 74.7 Å². The minimum atomic E-state index is -0.649. The Bertz CT molecular complexity index is 432. The molecule has 0 aliphatic heterocycles. The molecule has 118 valence electrons. The highest BCUT2D eigenvalue weighted by atomic mass is 16.6. The standard InChI is InChI=1S/C15H25N3O3/c1-15(2,3)21-14(20)17-9-13(19)11-18(4)10-12-5-7-16-8-6-12/h5-8,13,19H,9-11H2,1-4H3,(H,17,20). The molecule has 6 nitrogen and oxygen atoms in total. The second-order valence-electron chi connectivity index (χ2n) is 6.09. The van der Waals surface area contributed by atoms with Crippen LogP contribution in [0.1, 0.15) is 26.3 Å². The minimum Gasteiger partial charge on any atom is -0.444 e. The second-order valence-corrected chi connectivity index (χ2v) is 6.09. The average Bonchev–Trinajstić information content (AvgIpc) is 2.35. The zero-order chi connectivity index (χ0) is 15.9. The van der Waals surface area contributed by atoms with Crippen LogP contribution in [-0.4, -0.2) is 52.9 Å². The molecule has 0 fully saturated rings. The maximum atomic E-state index is 11.5. The summed E-state index contributed by atoms with van der Waals surface area (Å²) >= 11 is 0. The number of ether oxygens (including phenoxy) is 1. The van der Waals surface area contributed by atoms with Crippen molar-refractivity contribution in [2.24, 2.45) is 0 Å². The van der Waals surface area contributed by atoms with Crippen LogP contribution < -0.4 is 5.32 Å². The van der Waals surface area contributed by atoms with E-state index in [0.29, 0.717) is 13.1 Å². The van der Waals surface area contributed by atoms with Crippen molar-refractivity contribution in [2.45, 2.75) is 39.0 Å². The van der Waals surface area contributed by atoms with Crippen molar-refractivity contribution in [3.05, 3.63) is 30.1 Å². The Kier molecular flexibility index (Phi) is 6.58. The van der Waals surface area contributed by atoms with E-state index in [1.165, 1.54) is 0 Å². The number of aromatic nitrogens is 1. The number of nitrogens with one attached hydrogen (secondary N) is 1. The molecule has 0 aliphatic rings. The first-order valence-corrected chi connectivity index (χ1v) is 6.98. The Morgan fingerprint density at radius 1 is 1.43 bits per heavy atom. The number of amides is 1. The van der Waals surface area contributed by atoms with Gasteiger partial charge in [0.1, 0.15) is 5.60 Å².